The fraction of sp³-hybridized carbons (Fsp3) is 0.303. The molecule has 1 aliphatic rings. The first-order valence-corrected chi connectivity index (χ1v) is 15.1. The molecule has 0 radical (unpaired) electrons. The van der Waals surface area contributed by atoms with Crippen molar-refractivity contribution >= 4 is 34.7 Å². The van der Waals surface area contributed by atoms with Gasteiger partial charge in [-0.3, -0.25) is 14.5 Å². The summed E-state index contributed by atoms with van der Waals surface area (Å²) >= 11 is 1.01. The Balaban J connectivity index is 1.60. The van der Waals surface area contributed by atoms with E-state index in [1.807, 2.05) is 43.3 Å². The number of nitrogens with one attached hydrogen (secondary N) is 1. The summed E-state index contributed by atoms with van der Waals surface area (Å²) in [6, 6.07) is 20.7. The molecule has 9 nitrogen and oxygen atoms in total. The first-order valence-electron chi connectivity index (χ1n) is 14.3. The number of nitrogens with two attached hydrogens (primary N) is 1. The maximum atomic E-state index is 14.6. The minimum absolute atomic E-state index is 0.0562. The molecule has 43 heavy (non-hydrogen) atoms. The molecule has 1 saturated carbocycles. The third kappa shape index (κ3) is 6.59. The van der Waals surface area contributed by atoms with Gasteiger partial charge in [-0.25, -0.2) is 0 Å². The van der Waals surface area contributed by atoms with E-state index in [1.54, 1.807) is 50.6 Å². The third-order valence-electron chi connectivity index (χ3n) is 7.57. The molecule has 0 unspecified atom stereocenters. The molecule has 0 saturated heterocycles. The zero-order valence-electron chi connectivity index (χ0n) is 24.5. The molecular formula is C33H36N4O5S. The minimum Gasteiger partial charge on any atom is -0.497 e. The van der Waals surface area contributed by atoms with Crippen LogP contribution in [-0.4, -0.2) is 43.1 Å². The second-order valence-corrected chi connectivity index (χ2v) is 11.0. The summed E-state index contributed by atoms with van der Waals surface area (Å²) < 4.78 is 20.8. The molecule has 1 heterocycles. The van der Waals surface area contributed by atoms with E-state index >= 15 is 0 Å². The summed E-state index contributed by atoms with van der Waals surface area (Å²) in [5, 5.41) is 3.21. The molecule has 10 heteroatoms. The van der Waals surface area contributed by atoms with Crippen LogP contribution in [0.4, 0.5) is 11.4 Å². The Morgan fingerprint density at radius 2 is 1.51 bits per heavy atom. The lowest BCUT2D eigenvalue weighted by molar-refractivity contribution is -0.123. The highest BCUT2D eigenvalue weighted by atomic mass is 32.1. The van der Waals surface area contributed by atoms with Gasteiger partial charge in [0.05, 0.1) is 26.5 Å². The number of amides is 2. The number of aromatic nitrogens is 1. The van der Waals surface area contributed by atoms with Gasteiger partial charge in [-0.1, -0.05) is 25.0 Å². The maximum Gasteiger partial charge on any atom is 0.273 e. The van der Waals surface area contributed by atoms with Crippen molar-refractivity contribution in [2.75, 3.05) is 31.5 Å². The minimum atomic E-state index is -0.983. The topological polar surface area (TPSA) is 116 Å². The van der Waals surface area contributed by atoms with Crippen LogP contribution in [0.15, 0.2) is 72.8 Å². The van der Waals surface area contributed by atoms with Crippen molar-refractivity contribution in [3.8, 4) is 28.5 Å². The molecule has 224 valence electrons. The van der Waals surface area contributed by atoms with Crippen LogP contribution in [0.3, 0.4) is 0 Å². The van der Waals surface area contributed by atoms with Crippen molar-refractivity contribution in [3.05, 3.63) is 83.2 Å². The molecule has 3 aromatic carbocycles. The Hall–Kier alpha value is -4.57. The second-order valence-electron chi connectivity index (χ2n) is 10.3. The van der Waals surface area contributed by atoms with Crippen LogP contribution in [0.2, 0.25) is 0 Å². The highest BCUT2D eigenvalue weighted by Gasteiger charge is 2.37. The highest BCUT2D eigenvalue weighted by Crippen LogP contribution is 2.37. The predicted molar refractivity (Wildman–Crippen MR) is 169 cm³/mol. The summed E-state index contributed by atoms with van der Waals surface area (Å²) in [5.41, 5.74) is 9.27. The molecule has 0 aliphatic heterocycles. The summed E-state index contributed by atoms with van der Waals surface area (Å²) in [6.45, 7) is 2.41. The number of carbonyl (C=O) groups excluding carboxylic acids is 2. The van der Waals surface area contributed by atoms with Crippen LogP contribution in [0.25, 0.3) is 11.3 Å². The van der Waals surface area contributed by atoms with Gasteiger partial charge in [-0.2, -0.15) is 4.37 Å². The van der Waals surface area contributed by atoms with E-state index in [0.29, 0.717) is 40.8 Å². The molecule has 5 rings (SSSR count). The van der Waals surface area contributed by atoms with E-state index in [0.717, 1.165) is 42.8 Å². The van der Waals surface area contributed by atoms with Crippen LogP contribution in [-0.2, 0) is 4.79 Å². The Labute approximate surface area is 255 Å². The first-order chi connectivity index (χ1) is 20.9. The number of ether oxygens (including phenoxy) is 3. The van der Waals surface area contributed by atoms with Crippen LogP contribution < -0.4 is 30.2 Å². The number of methoxy groups -OCH3 is 2. The number of nitrogen functional groups attached to an aromatic ring is 1. The van der Waals surface area contributed by atoms with Gasteiger partial charge in [-0.05, 0) is 97.5 Å². The molecule has 0 bridgehead atoms. The Morgan fingerprint density at radius 1 is 0.930 bits per heavy atom. The summed E-state index contributed by atoms with van der Waals surface area (Å²) in [7, 11) is 3.18. The fourth-order valence-electron chi connectivity index (χ4n) is 5.33. The van der Waals surface area contributed by atoms with Crippen molar-refractivity contribution in [3.63, 3.8) is 0 Å². The monoisotopic (exact) mass is 600 g/mol. The lowest BCUT2D eigenvalue weighted by atomic mass is 10.0. The number of rotatable bonds is 11. The lowest BCUT2D eigenvalue weighted by Gasteiger charge is -2.32. The van der Waals surface area contributed by atoms with Crippen molar-refractivity contribution in [2.24, 2.45) is 0 Å². The quantitative estimate of drug-likeness (QED) is 0.209. The van der Waals surface area contributed by atoms with Crippen molar-refractivity contribution < 1.29 is 23.8 Å². The molecule has 1 fully saturated rings. The molecule has 1 atom stereocenters. The summed E-state index contributed by atoms with van der Waals surface area (Å²) in [4.78, 5) is 30.4. The lowest BCUT2D eigenvalue weighted by Crippen LogP contribution is -2.46. The van der Waals surface area contributed by atoms with Crippen molar-refractivity contribution in [1.29, 1.82) is 0 Å². The number of nitrogens with zero attached hydrogens (tertiary/aromatic N) is 2. The number of benzene rings is 3. The second kappa shape index (κ2) is 13.6. The third-order valence-corrected chi connectivity index (χ3v) is 8.42. The van der Waals surface area contributed by atoms with Crippen molar-refractivity contribution in [1.82, 2.24) is 9.69 Å². The molecular weight excluding hydrogens is 564 g/mol. The largest absolute Gasteiger partial charge is 0.497 e. The smallest absolute Gasteiger partial charge is 0.273 e. The summed E-state index contributed by atoms with van der Waals surface area (Å²) in [5.74, 6) is 1.31. The average Bonchev–Trinajstić information content (AvgIpc) is 3.69. The van der Waals surface area contributed by atoms with Gasteiger partial charge in [0, 0.05) is 17.3 Å². The molecule has 1 aromatic heterocycles. The Kier molecular flexibility index (Phi) is 9.46. The molecule has 1 aliphatic carbocycles. The highest BCUT2D eigenvalue weighted by molar-refractivity contribution is 7.09. The number of hydrogen-bond acceptors (Lipinski definition) is 8. The molecule has 0 spiro atoms. The SMILES string of the molecule is CCOc1ccc(N(C(=O)c2snc(-c3ccc(OC)cc3)c2N)[C@H](C(=O)NC2CCCC2)c2ccc(OC)cc2)cc1. The maximum absolute atomic E-state index is 14.6. The number of carbonyl (C=O) groups is 2. The van der Waals surface area contributed by atoms with E-state index in [9.17, 15) is 9.59 Å². The van der Waals surface area contributed by atoms with Crippen LogP contribution in [0.1, 0.15) is 53.9 Å². The average molecular weight is 601 g/mol. The van der Waals surface area contributed by atoms with Crippen molar-refractivity contribution in [2.45, 2.75) is 44.7 Å². The Morgan fingerprint density at radius 3 is 2.09 bits per heavy atom. The van der Waals surface area contributed by atoms with Gasteiger partial charge in [0.2, 0.25) is 5.91 Å². The van der Waals surface area contributed by atoms with E-state index in [4.69, 9.17) is 19.9 Å². The van der Waals surface area contributed by atoms with E-state index < -0.39 is 11.9 Å². The number of hydrogen-bond donors (Lipinski definition) is 2. The number of anilines is 2. The zero-order chi connectivity index (χ0) is 30.3. The molecule has 3 N–H and O–H groups in total. The van der Waals surface area contributed by atoms with Gasteiger partial charge >= 0.3 is 0 Å². The van der Waals surface area contributed by atoms with E-state index in [-0.39, 0.29) is 22.5 Å². The van der Waals surface area contributed by atoms with Gasteiger partial charge in [0.15, 0.2) is 0 Å². The van der Waals surface area contributed by atoms with Crippen LogP contribution >= 0.6 is 11.5 Å². The fourth-order valence-corrected chi connectivity index (χ4v) is 6.08. The zero-order valence-corrected chi connectivity index (χ0v) is 25.4. The van der Waals surface area contributed by atoms with Crippen LogP contribution in [0.5, 0.6) is 17.2 Å². The molecule has 2 amide bonds. The Bertz CT molecular complexity index is 1530. The van der Waals surface area contributed by atoms with Gasteiger partial charge < -0.3 is 25.3 Å². The van der Waals surface area contributed by atoms with E-state index in [1.165, 1.54) is 4.90 Å². The van der Waals surface area contributed by atoms with Gasteiger partial charge in [-0.15, -0.1) is 0 Å². The van der Waals surface area contributed by atoms with Crippen LogP contribution in [0, 0.1) is 0 Å². The van der Waals surface area contributed by atoms with Gasteiger partial charge in [0.25, 0.3) is 5.91 Å². The van der Waals surface area contributed by atoms with Gasteiger partial charge in [0.1, 0.15) is 33.9 Å². The predicted octanol–water partition coefficient (Wildman–Crippen LogP) is 6.26. The first kappa shape index (κ1) is 29.9. The van der Waals surface area contributed by atoms with E-state index in [2.05, 4.69) is 9.69 Å². The standard InChI is InChI=1S/C33H36N4O5S/c1-4-42-27-19-13-24(14-20-27)37(33(39)31-28(34)29(36-43-31)21-9-15-25(40-2)16-10-21)30(22-11-17-26(41-3)18-12-22)32(38)35-23-7-5-6-8-23/h9-20,23,30H,4-8,34H2,1-3H3,(H,35,38)/t30-/m0/s1. The normalized spacial score (nSPS) is 13.7. The molecule has 4 aromatic rings. The summed E-state index contributed by atoms with van der Waals surface area (Å²) in [6.07, 6.45) is 3.94.